The molecule has 1 unspecified atom stereocenters. The van der Waals surface area contributed by atoms with Crippen LogP contribution in [0.2, 0.25) is 0 Å². The van der Waals surface area contributed by atoms with E-state index in [4.69, 9.17) is 5.73 Å². The molecule has 1 atom stereocenters. The molecule has 1 nitrogen and oxygen atoms in total. The SMILES string of the molecule is CC(CCCN)Cc1ccc(C(F)(F)F)cc1. The summed E-state index contributed by atoms with van der Waals surface area (Å²) in [6.07, 6.45) is -1.47. The Bertz CT molecular complexity index is 330. The number of alkyl halides is 3. The van der Waals surface area contributed by atoms with Gasteiger partial charge in [-0.15, -0.1) is 0 Å². The van der Waals surface area contributed by atoms with Crippen molar-refractivity contribution >= 4 is 0 Å². The van der Waals surface area contributed by atoms with Crippen LogP contribution in [0.3, 0.4) is 0 Å². The molecule has 2 N–H and O–H groups in total. The Morgan fingerprint density at radius 3 is 2.24 bits per heavy atom. The maximum Gasteiger partial charge on any atom is 0.416 e. The zero-order chi connectivity index (χ0) is 12.9. The van der Waals surface area contributed by atoms with Gasteiger partial charge in [-0.25, -0.2) is 0 Å². The van der Waals surface area contributed by atoms with Crippen molar-refractivity contribution in [2.45, 2.75) is 32.4 Å². The van der Waals surface area contributed by atoms with E-state index >= 15 is 0 Å². The van der Waals surface area contributed by atoms with Crippen molar-refractivity contribution in [2.24, 2.45) is 11.7 Å². The van der Waals surface area contributed by atoms with Crippen molar-refractivity contribution in [1.29, 1.82) is 0 Å². The Kier molecular flexibility index (Phi) is 5.00. The normalized spacial score (nSPS) is 13.7. The lowest BCUT2D eigenvalue weighted by Crippen LogP contribution is -2.07. The number of halogens is 3. The van der Waals surface area contributed by atoms with Gasteiger partial charge in [-0.05, 0) is 49.4 Å². The molecule has 0 aliphatic carbocycles. The summed E-state index contributed by atoms with van der Waals surface area (Å²) in [6.45, 7) is 2.75. The van der Waals surface area contributed by atoms with Gasteiger partial charge in [-0.2, -0.15) is 13.2 Å². The highest BCUT2D eigenvalue weighted by atomic mass is 19.4. The molecule has 96 valence electrons. The van der Waals surface area contributed by atoms with Crippen LogP contribution >= 0.6 is 0 Å². The molecule has 0 aliphatic heterocycles. The Labute approximate surface area is 99.8 Å². The van der Waals surface area contributed by atoms with Gasteiger partial charge in [0.05, 0.1) is 5.56 Å². The standard InChI is InChI=1S/C13H18F3N/c1-10(3-2-8-17)9-11-4-6-12(7-5-11)13(14,15)16/h4-7,10H,2-3,8-9,17H2,1H3. The molecule has 0 aliphatic rings. The van der Waals surface area contributed by atoms with Crippen LogP contribution in [0.1, 0.15) is 30.9 Å². The molecule has 1 aromatic rings. The largest absolute Gasteiger partial charge is 0.416 e. The van der Waals surface area contributed by atoms with Crippen molar-refractivity contribution < 1.29 is 13.2 Å². The van der Waals surface area contributed by atoms with E-state index in [9.17, 15) is 13.2 Å². The zero-order valence-electron chi connectivity index (χ0n) is 9.93. The minimum Gasteiger partial charge on any atom is -0.330 e. The van der Waals surface area contributed by atoms with Gasteiger partial charge in [0.15, 0.2) is 0 Å². The van der Waals surface area contributed by atoms with Gasteiger partial charge in [0.2, 0.25) is 0 Å². The third-order valence-corrected chi connectivity index (χ3v) is 2.77. The van der Waals surface area contributed by atoms with Crippen LogP contribution in [-0.4, -0.2) is 6.54 Å². The molecule has 0 saturated carbocycles. The Morgan fingerprint density at radius 2 is 1.76 bits per heavy atom. The maximum absolute atomic E-state index is 12.3. The highest BCUT2D eigenvalue weighted by molar-refractivity contribution is 5.24. The molecule has 0 heterocycles. The molecule has 4 heteroatoms. The number of nitrogens with two attached hydrogens (primary N) is 1. The number of benzene rings is 1. The first-order valence-electron chi connectivity index (χ1n) is 5.79. The van der Waals surface area contributed by atoms with E-state index in [1.165, 1.54) is 0 Å². The summed E-state index contributed by atoms with van der Waals surface area (Å²) in [5.41, 5.74) is 5.77. The van der Waals surface area contributed by atoms with E-state index in [0.717, 1.165) is 37.0 Å². The molecule has 0 saturated heterocycles. The predicted molar refractivity (Wildman–Crippen MR) is 62.6 cm³/mol. The van der Waals surface area contributed by atoms with Crippen LogP contribution in [0.25, 0.3) is 0 Å². The summed E-state index contributed by atoms with van der Waals surface area (Å²) in [5.74, 6) is 0.454. The zero-order valence-corrected chi connectivity index (χ0v) is 9.93. The third kappa shape index (κ3) is 4.77. The third-order valence-electron chi connectivity index (χ3n) is 2.77. The summed E-state index contributed by atoms with van der Waals surface area (Å²) in [4.78, 5) is 0. The van der Waals surface area contributed by atoms with E-state index in [1.54, 1.807) is 12.1 Å². The fraction of sp³-hybridized carbons (Fsp3) is 0.538. The van der Waals surface area contributed by atoms with Gasteiger partial charge < -0.3 is 5.73 Å². The maximum atomic E-state index is 12.3. The first-order chi connectivity index (χ1) is 7.93. The Balaban J connectivity index is 2.56. The van der Waals surface area contributed by atoms with Crippen LogP contribution in [0, 0.1) is 5.92 Å². The van der Waals surface area contributed by atoms with Crippen LogP contribution in [0.4, 0.5) is 13.2 Å². The minimum atomic E-state index is -4.25. The monoisotopic (exact) mass is 245 g/mol. The second-order valence-electron chi connectivity index (χ2n) is 4.43. The molecular weight excluding hydrogens is 227 g/mol. The van der Waals surface area contributed by atoms with Gasteiger partial charge in [-0.3, -0.25) is 0 Å². The molecule has 0 amide bonds. The van der Waals surface area contributed by atoms with Crippen LogP contribution in [0.15, 0.2) is 24.3 Å². The molecule has 1 rings (SSSR count). The second-order valence-corrected chi connectivity index (χ2v) is 4.43. The van der Waals surface area contributed by atoms with Gasteiger partial charge in [0.25, 0.3) is 0 Å². The lowest BCUT2D eigenvalue weighted by Gasteiger charge is -2.12. The van der Waals surface area contributed by atoms with Gasteiger partial charge in [-0.1, -0.05) is 19.1 Å². The molecule has 1 aromatic carbocycles. The molecule has 0 fully saturated rings. The fourth-order valence-corrected chi connectivity index (χ4v) is 1.80. The van der Waals surface area contributed by atoms with E-state index < -0.39 is 11.7 Å². The first-order valence-corrected chi connectivity index (χ1v) is 5.79. The van der Waals surface area contributed by atoms with Crippen molar-refractivity contribution in [1.82, 2.24) is 0 Å². The average molecular weight is 245 g/mol. The lowest BCUT2D eigenvalue weighted by molar-refractivity contribution is -0.137. The number of hydrogen-bond donors (Lipinski definition) is 1. The van der Waals surface area contributed by atoms with E-state index in [-0.39, 0.29) is 0 Å². The molecular formula is C13H18F3N. The molecule has 0 spiro atoms. The Hall–Kier alpha value is -1.03. The highest BCUT2D eigenvalue weighted by Gasteiger charge is 2.29. The summed E-state index contributed by atoms with van der Waals surface area (Å²) >= 11 is 0. The summed E-state index contributed by atoms with van der Waals surface area (Å²) in [6, 6.07) is 5.40. The van der Waals surface area contributed by atoms with Gasteiger partial charge >= 0.3 is 6.18 Å². The lowest BCUT2D eigenvalue weighted by atomic mass is 9.96. The topological polar surface area (TPSA) is 26.0 Å². The molecule has 0 aromatic heterocycles. The average Bonchev–Trinajstić information content (AvgIpc) is 2.26. The predicted octanol–water partition coefficient (Wildman–Crippen LogP) is 3.62. The van der Waals surface area contributed by atoms with E-state index in [2.05, 4.69) is 6.92 Å². The highest BCUT2D eigenvalue weighted by Crippen LogP contribution is 2.29. The van der Waals surface area contributed by atoms with Crippen molar-refractivity contribution in [3.05, 3.63) is 35.4 Å². The Morgan fingerprint density at radius 1 is 1.18 bits per heavy atom. The molecule has 17 heavy (non-hydrogen) atoms. The van der Waals surface area contributed by atoms with Crippen LogP contribution in [-0.2, 0) is 12.6 Å². The molecule has 0 radical (unpaired) electrons. The summed E-state index contributed by atoms with van der Waals surface area (Å²) in [5, 5.41) is 0. The quantitative estimate of drug-likeness (QED) is 0.842. The van der Waals surface area contributed by atoms with Crippen LogP contribution in [0.5, 0.6) is 0 Å². The fourth-order valence-electron chi connectivity index (χ4n) is 1.80. The van der Waals surface area contributed by atoms with Crippen molar-refractivity contribution in [2.75, 3.05) is 6.54 Å². The first kappa shape index (κ1) is 14.0. The minimum absolute atomic E-state index is 0.454. The molecule has 0 bridgehead atoms. The van der Waals surface area contributed by atoms with Crippen LogP contribution < -0.4 is 5.73 Å². The van der Waals surface area contributed by atoms with Crippen molar-refractivity contribution in [3.8, 4) is 0 Å². The van der Waals surface area contributed by atoms with Gasteiger partial charge in [0, 0.05) is 0 Å². The van der Waals surface area contributed by atoms with Crippen molar-refractivity contribution in [3.63, 3.8) is 0 Å². The summed E-state index contributed by atoms with van der Waals surface area (Å²) < 4.78 is 37.0. The van der Waals surface area contributed by atoms with E-state index in [1.807, 2.05) is 0 Å². The second kappa shape index (κ2) is 6.05. The van der Waals surface area contributed by atoms with E-state index in [0.29, 0.717) is 12.5 Å². The summed E-state index contributed by atoms with van der Waals surface area (Å²) in [7, 11) is 0. The number of rotatable bonds is 5. The van der Waals surface area contributed by atoms with Gasteiger partial charge in [0.1, 0.15) is 0 Å². The number of hydrogen-bond acceptors (Lipinski definition) is 1. The smallest absolute Gasteiger partial charge is 0.330 e.